The van der Waals surface area contributed by atoms with Crippen LogP contribution in [0.3, 0.4) is 0 Å². The molecule has 0 aliphatic carbocycles. The predicted molar refractivity (Wildman–Crippen MR) is 116 cm³/mol. The minimum atomic E-state index is -3.00. The quantitative estimate of drug-likeness (QED) is 0.405. The summed E-state index contributed by atoms with van der Waals surface area (Å²) in [5.74, 6) is -3.00. The molecular weight excluding hydrogens is 353 g/mol. The average molecular weight is 383 g/mol. The van der Waals surface area contributed by atoms with Gasteiger partial charge in [-0.2, -0.15) is 0 Å². The maximum absolute atomic E-state index is 13.9. The van der Waals surface area contributed by atoms with Gasteiger partial charge in [-0.15, -0.1) is 0 Å². The number of hydrogen-bond acceptors (Lipinski definition) is 2. The maximum atomic E-state index is 13.9. The first-order valence-corrected chi connectivity index (χ1v) is 10.1. The molecule has 2 rings (SSSR count). The first-order chi connectivity index (χ1) is 13.2. The molecule has 0 unspecified atom stereocenters. The van der Waals surface area contributed by atoms with Crippen LogP contribution in [-0.2, 0) is 18.8 Å². The number of unbranched alkanes of at least 4 members (excludes halogenated alkanes) is 2. The van der Waals surface area contributed by atoms with Gasteiger partial charge in [0.05, 0.1) is 0 Å². The van der Waals surface area contributed by atoms with Crippen LogP contribution >= 0.6 is 0 Å². The van der Waals surface area contributed by atoms with Crippen molar-refractivity contribution in [3.8, 4) is 0 Å². The summed E-state index contributed by atoms with van der Waals surface area (Å²) in [6.07, 6.45) is 5.84. The number of aromatic nitrogens is 1. The topological polar surface area (TPSA) is 24.9 Å². The van der Waals surface area contributed by atoms with E-state index in [9.17, 15) is 8.78 Å². The number of anilines is 1. The van der Waals surface area contributed by atoms with E-state index < -0.39 is 5.92 Å². The third-order valence-corrected chi connectivity index (χ3v) is 4.82. The van der Waals surface area contributed by atoms with Crippen LogP contribution in [0.5, 0.6) is 0 Å². The number of nitrogens with zero attached hydrogens (tertiary/aromatic N) is 1. The summed E-state index contributed by atoms with van der Waals surface area (Å²) < 4.78 is 27.8. The number of nitrogens with one attached hydrogen (secondary N) is 1. The zero-order valence-electron chi connectivity index (χ0n) is 17.4. The van der Waals surface area contributed by atoms with Crippen molar-refractivity contribution in [1.82, 2.24) is 4.98 Å². The molecule has 5 heteroatoms. The van der Waals surface area contributed by atoms with Gasteiger partial charge in [-0.25, -0.2) is 0 Å². The van der Waals surface area contributed by atoms with Gasteiger partial charge in [-0.3, -0.25) is 0 Å². The predicted octanol–water partition coefficient (Wildman–Crippen LogP) is 5.95. The van der Waals surface area contributed by atoms with Crippen molar-refractivity contribution in [3.05, 3.63) is 58.4 Å². The number of hydrogen-bond donors (Lipinski definition) is 1. The van der Waals surface area contributed by atoms with Crippen LogP contribution in [0.2, 0.25) is 0 Å². The Hall–Kier alpha value is -2.04. The molecule has 0 saturated carbocycles. The van der Waals surface area contributed by atoms with Gasteiger partial charge in [-0.05, 0) is 0 Å². The molecule has 0 spiro atoms. The van der Waals surface area contributed by atoms with Crippen LogP contribution in [0.1, 0.15) is 74.5 Å². The molecule has 0 amide bonds. The normalized spacial score (nSPS) is 11.5. The van der Waals surface area contributed by atoms with Crippen LogP contribution in [-0.4, -0.2) is 18.1 Å². The van der Waals surface area contributed by atoms with E-state index in [-0.39, 0.29) is 5.69 Å². The molecule has 1 heterocycles. The molecule has 1 radical (unpaired) electrons. The van der Waals surface area contributed by atoms with Crippen molar-refractivity contribution >= 4 is 18.8 Å². The Morgan fingerprint density at radius 3 is 2.43 bits per heavy atom. The Labute approximate surface area is 168 Å². The van der Waals surface area contributed by atoms with Gasteiger partial charge in [-0.1, -0.05) is 0 Å². The molecule has 149 valence electrons. The van der Waals surface area contributed by atoms with E-state index in [4.69, 9.17) is 7.49 Å². The second-order valence-electron chi connectivity index (χ2n) is 7.51. The molecule has 2 aromatic rings. The molecule has 0 bridgehead atoms. The average Bonchev–Trinajstić information content (AvgIpc) is 2.63. The van der Waals surface area contributed by atoms with Crippen molar-refractivity contribution in [2.24, 2.45) is 0 Å². The number of aryl methyl sites for hydroxylation is 3. The fraction of sp³-hybridized carbons (Fsp3) is 0.478. The van der Waals surface area contributed by atoms with Crippen LogP contribution in [0, 0.1) is 6.92 Å². The molecule has 1 N–H and O–H groups in total. The summed E-state index contributed by atoms with van der Waals surface area (Å²) in [7, 11) is 6.25. The Bertz CT molecular complexity index is 813. The molecule has 1 aromatic carbocycles. The fourth-order valence-electron chi connectivity index (χ4n) is 3.21. The van der Waals surface area contributed by atoms with Gasteiger partial charge in [0, 0.05) is 0 Å². The zero-order chi connectivity index (χ0) is 20.7. The third-order valence-electron chi connectivity index (χ3n) is 4.82. The van der Waals surface area contributed by atoms with Crippen molar-refractivity contribution in [2.45, 2.75) is 72.1 Å². The van der Waals surface area contributed by atoms with Gasteiger partial charge in [0.2, 0.25) is 0 Å². The van der Waals surface area contributed by atoms with Crippen LogP contribution in [0.15, 0.2) is 30.3 Å². The monoisotopic (exact) mass is 383 g/mol. The van der Waals surface area contributed by atoms with E-state index in [1.54, 1.807) is 0 Å². The number of benzene rings is 1. The Morgan fingerprint density at radius 2 is 1.82 bits per heavy atom. The number of halogens is 2. The van der Waals surface area contributed by atoms with Gasteiger partial charge < -0.3 is 0 Å². The van der Waals surface area contributed by atoms with Crippen LogP contribution in [0.4, 0.5) is 14.5 Å². The molecule has 0 aliphatic heterocycles. The van der Waals surface area contributed by atoms with E-state index >= 15 is 0 Å². The van der Waals surface area contributed by atoms with Gasteiger partial charge >= 0.3 is 168 Å². The number of alkyl halides is 2. The fourth-order valence-corrected chi connectivity index (χ4v) is 3.21. The minimum absolute atomic E-state index is 0.230. The van der Waals surface area contributed by atoms with Gasteiger partial charge in [0.15, 0.2) is 0 Å². The molecular formula is C23H30BF2N2. The molecule has 0 saturated heterocycles. The summed E-state index contributed by atoms with van der Waals surface area (Å²) in [6, 6.07) is 9.28. The molecule has 0 fully saturated rings. The summed E-state index contributed by atoms with van der Waals surface area (Å²) in [4.78, 5) is 4.16. The standard InChI is InChI=1S/C23H30BF2N2/c1-5-7-8-10-19-14-20(15-21(27-19)23(4,25)26)28-22(24)18-12-11-17(9-6-2)16(3)13-18/h11-15H,5-10H2,1-4H3,(H,27,28). The van der Waals surface area contributed by atoms with E-state index in [1.165, 1.54) is 17.2 Å². The third kappa shape index (κ3) is 6.25. The number of rotatable bonds is 10. The van der Waals surface area contributed by atoms with E-state index in [0.717, 1.165) is 44.6 Å². The summed E-state index contributed by atoms with van der Waals surface area (Å²) in [5, 5.41) is 3.10. The van der Waals surface area contributed by atoms with Crippen molar-refractivity contribution in [3.63, 3.8) is 0 Å². The van der Waals surface area contributed by atoms with E-state index in [0.29, 0.717) is 23.4 Å². The van der Waals surface area contributed by atoms with Crippen molar-refractivity contribution < 1.29 is 8.78 Å². The molecule has 0 atom stereocenters. The summed E-state index contributed by atoms with van der Waals surface area (Å²) >= 11 is 0. The van der Waals surface area contributed by atoms with E-state index in [1.807, 2.05) is 18.2 Å². The zero-order valence-corrected chi connectivity index (χ0v) is 17.4. The Morgan fingerprint density at radius 1 is 1.07 bits per heavy atom. The molecule has 28 heavy (non-hydrogen) atoms. The molecule has 1 aromatic heterocycles. The Balaban J connectivity index is 2.24. The first kappa shape index (κ1) is 22.3. The van der Waals surface area contributed by atoms with Crippen LogP contribution in [0.25, 0.3) is 0 Å². The summed E-state index contributed by atoms with van der Waals surface area (Å²) in [6.45, 7) is 7.20. The van der Waals surface area contributed by atoms with Crippen LogP contribution < -0.4 is 5.32 Å². The molecule has 0 aliphatic rings. The molecule has 2 nitrogen and oxygen atoms in total. The summed E-state index contributed by atoms with van der Waals surface area (Å²) in [5.41, 5.74) is 4.76. The van der Waals surface area contributed by atoms with E-state index in [2.05, 4.69) is 37.1 Å². The Kier molecular flexibility index (Phi) is 7.91. The SMILES string of the molecule is [B]=C(Nc1cc(CCCCC)nc(C(C)(F)F)c1)c1ccc(CCC)c(C)c1. The second kappa shape index (κ2) is 9.95. The first-order valence-electron chi connectivity index (χ1n) is 10.1. The van der Waals surface area contributed by atoms with Gasteiger partial charge in [0.25, 0.3) is 0 Å². The number of pyridine rings is 1. The van der Waals surface area contributed by atoms with Crippen molar-refractivity contribution in [2.75, 3.05) is 5.32 Å². The van der Waals surface area contributed by atoms with Crippen molar-refractivity contribution in [1.29, 1.82) is 0 Å². The van der Waals surface area contributed by atoms with Gasteiger partial charge in [0.1, 0.15) is 0 Å². The second-order valence-corrected chi connectivity index (χ2v) is 7.51.